The van der Waals surface area contributed by atoms with E-state index in [-0.39, 0.29) is 23.6 Å². The van der Waals surface area contributed by atoms with Crippen LogP contribution in [0.5, 0.6) is 0 Å². The minimum Gasteiger partial charge on any atom is -0.329 e. The third-order valence-electron chi connectivity index (χ3n) is 4.02. The van der Waals surface area contributed by atoms with E-state index in [9.17, 15) is 10.1 Å². The van der Waals surface area contributed by atoms with Crippen LogP contribution in [0, 0.1) is 11.3 Å². The predicted octanol–water partition coefficient (Wildman–Crippen LogP) is 1.36. The van der Waals surface area contributed by atoms with E-state index >= 15 is 0 Å². The van der Waals surface area contributed by atoms with Crippen LogP contribution in [0.4, 0.5) is 0 Å². The highest BCUT2D eigenvalue weighted by Crippen LogP contribution is 2.33. The number of nitrogens with zero attached hydrogens (tertiary/aromatic N) is 4. The highest BCUT2D eigenvalue weighted by molar-refractivity contribution is 7.10. The lowest BCUT2D eigenvalue weighted by atomic mass is 9.86. The second kappa shape index (κ2) is 5.35. The van der Waals surface area contributed by atoms with Gasteiger partial charge >= 0.3 is 0 Å². The maximum atomic E-state index is 12.5. The quantitative estimate of drug-likeness (QED) is 0.622. The molecular formula is C14H16N4OS. The van der Waals surface area contributed by atoms with Crippen molar-refractivity contribution in [2.45, 2.75) is 25.4 Å². The van der Waals surface area contributed by atoms with Crippen LogP contribution < -0.4 is 0 Å². The van der Waals surface area contributed by atoms with E-state index in [1.54, 1.807) is 12.3 Å². The number of fused-ring (bicyclic) bond motifs is 2. The monoisotopic (exact) mass is 288 g/mol. The van der Waals surface area contributed by atoms with Crippen molar-refractivity contribution in [2.24, 2.45) is 0 Å². The molecule has 0 spiro atoms. The fourth-order valence-electron chi connectivity index (χ4n) is 3.00. The Morgan fingerprint density at radius 3 is 2.90 bits per heavy atom. The molecule has 1 aromatic rings. The van der Waals surface area contributed by atoms with Crippen molar-refractivity contribution in [3.8, 4) is 6.07 Å². The summed E-state index contributed by atoms with van der Waals surface area (Å²) in [6.07, 6.45) is 4.34. The lowest BCUT2D eigenvalue weighted by Crippen LogP contribution is -2.70. The summed E-state index contributed by atoms with van der Waals surface area (Å²) in [5.41, 5.74) is 0.194. The lowest BCUT2D eigenvalue weighted by molar-refractivity contribution is -0.148. The fraction of sp³-hybridized carbons (Fsp3) is 0.500. The van der Waals surface area contributed by atoms with Crippen LogP contribution in [0.25, 0.3) is 6.08 Å². The van der Waals surface area contributed by atoms with E-state index in [4.69, 9.17) is 0 Å². The van der Waals surface area contributed by atoms with Gasteiger partial charge in [0.2, 0.25) is 0 Å². The third kappa shape index (κ3) is 2.23. The Labute approximate surface area is 122 Å². The van der Waals surface area contributed by atoms with Crippen LogP contribution in [0.3, 0.4) is 0 Å². The van der Waals surface area contributed by atoms with E-state index in [0.29, 0.717) is 5.01 Å². The molecule has 2 bridgehead atoms. The number of carbonyl (C=O) groups is 1. The van der Waals surface area contributed by atoms with E-state index in [0.717, 1.165) is 26.1 Å². The van der Waals surface area contributed by atoms with Crippen molar-refractivity contribution in [3.63, 3.8) is 0 Å². The molecule has 20 heavy (non-hydrogen) atoms. The number of piperazine rings is 1. The van der Waals surface area contributed by atoms with Gasteiger partial charge in [-0.3, -0.25) is 9.69 Å². The van der Waals surface area contributed by atoms with Crippen LogP contribution in [-0.2, 0) is 4.79 Å². The van der Waals surface area contributed by atoms with Gasteiger partial charge < -0.3 is 4.90 Å². The SMILES string of the molecule is CCN1CC2CC(C1)N2C(=O)/C(C#N)=C/c1nccs1. The second-order valence-corrected chi connectivity index (χ2v) is 6.07. The molecule has 1 amide bonds. The third-order valence-corrected chi connectivity index (χ3v) is 4.74. The van der Waals surface area contributed by atoms with Crippen molar-refractivity contribution in [2.75, 3.05) is 19.6 Å². The largest absolute Gasteiger partial charge is 0.329 e. The molecular weight excluding hydrogens is 272 g/mol. The first-order valence-electron chi connectivity index (χ1n) is 6.79. The molecule has 2 atom stereocenters. The zero-order chi connectivity index (χ0) is 14.1. The molecule has 3 aliphatic heterocycles. The molecule has 3 saturated heterocycles. The van der Waals surface area contributed by atoms with Gasteiger partial charge in [0.15, 0.2) is 0 Å². The maximum Gasteiger partial charge on any atom is 0.265 e. The van der Waals surface area contributed by atoms with E-state index in [1.165, 1.54) is 11.3 Å². The predicted molar refractivity (Wildman–Crippen MR) is 76.9 cm³/mol. The summed E-state index contributed by atoms with van der Waals surface area (Å²) in [6, 6.07) is 2.57. The molecule has 3 fully saturated rings. The second-order valence-electron chi connectivity index (χ2n) is 5.15. The first-order valence-corrected chi connectivity index (χ1v) is 7.67. The summed E-state index contributed by atoms with van der Waals surface area (Å²) in [5, 5.41) is 11.8. The first kappa shape index (κ1) is 13.3. The number of carbonyl (C=O) groups excluding carboxylic acids is 1. The van der Waals surface area contributed by atoms with Gasteiger partial charge in [-0.2, -0.15) is 5.26 Å². The smallest absolute Gasteiger partial charge is 0.265 e. The number of aromatic nitrogens is 1. The Bertz CT molecular complexity index is 562. The van der Waals surface area contributed by atoms with Crippen molar-refractivity contribution < 1.29 is 4.79 Å². The Balaban J connectivity index is 1.75. The Morgan fingerprint density at radius 2 is 2.35 bits per heavy atom. The Kier molecular flexibility index (Phi) is 3.55. The number of nitriles is 1. The molecule has 5 nitrogen and oxygen atoms in total. The number of piperidine rings is 1. The lowest BCUT2D eigenvalue weighted by Gasteiger charge is -2.56. The molecule has 0 aromatic carbocycles. The van der Waals surface area contributed by atoms with Crippen molar-refractivity contribution in [3.05, 3.63) is 22.2 Å². The van der Waals surface area contributed by atoms with Crippen LogP contribution in [0.2, 0.25) is 0 Å². The van der Waals surface area contributed by atoms with Crippen molar-refractivity contribution in [1.29, 1.82) is 5.26 Å². The number of amides is 1. The zero-order valence-corrected chi connectivity index (χ0v) is 12.1. The van der Waals surface area contributed by atoms with Crippen LogP contribution >= 0.6 is 11.3 Å². The van der Waals surface area contributed by atoms with Gasteiger partial charge in [-0.1, -0.05) is 6.92 Å². The molecule has 6 heteroatoms. The Morgan fingerprint density at radius 1 is 1.60 bits per heavy atom. The summed E-state index contributed by atoms with van der Waals surface area (Å²) in [6.45, 7) is 5.01. The molecule has 0 radical (unpaired) electrons. The fourth-order valence-corrected chi connectivity index (χ4v) is 3.57. The number of hydrogen-bond donors (Lipinski definition) is 0. The van der Waals surface area contributed by atoms with E-state index < -0.39 is 0 Å². The van der Waals surface area contributed by atoms with Gasteiger partial charge in [0, 0.05) is 36.8 Å². The highest BCUT2D eigenvalue weighted by atomic mass is 32.1. The van der Waals surface area contributed by atoms with E-state index in [1.807, 2.05) is 16.3 Å². The maximum absolute atomic E-state index is 12.5. The average molecular weight is 288 g/mol. The number of rotatable bonds is 3. The van der Waals surface area contributed by atoms with Crippen LogP contribution in [0.1, 0.15) is 18.4 Å². The van der Waals surface area contributed by atoms with Crippen molar-refractivity contribution in [1.82, 2.24) is 14.8 Å². The highest BCUT2D eigenvalue weighted by Gasteiger charge is 2.47. The summed E-state index contributed by atoms with van der Waals surface area (Å²) in [7, 11) is 0. The zero-order valence-electron chi connectivity index (χ0n) is 11.3. The average Bonchev–Trinajstić information content (AvgIpc) is 2.97. The first-order chi connectivity index (χ1) is 9.72. The van der Waals surface area contributed by atoms with Gasteiger partial charge in [0.05, 0.1) is 0 Å². The van der Waals surface area contributed by atoms with Gasteiger partial charge in [-0.15, -0.1) is 11.3 Å². The summed E-state index contributed by atoms with van der Waals surface area (Å²) in [4.78, 5) is 20.8. The number of thiazole rings is 1. The van der Waals surface area contributed by atoms with Crippen LogP contribution in [-0.4, -0.2) is 52.4 Å². The minimum atomic E-state index is -0.139. The molecule has 0 N–H and O–H groups in total. The van der Waals surface area contributed by atoms with Gasteiger partial charge in [0.1, 0.15) is 16.6 Å². The van der Waals surface area contributed by atoms with E-state index in [2.05, 4.69) is 16.8 Å². The number of likely N-dealkylation sites (N-methyl/N-ethyl adjacent to an activating group) is 1. The topological polar surface area (TPSA) is 60.2 Å². The molecule has 0 saturated carbocycles. The summed E-state index contributed by atoms with van der Waals surface area (Å²) >= 11 is 1.43. The molecule has 104 valence electrons. The normalized spacial score (nSPS) is 26.0. The minimum absolute atomic E-state index is 0.139. The standard InChI is InChI=1S/C14H16N4OS/c1-2-17-8-11-6-12(9-17)18(11)14(19)10(7-15)5-13-16-3-4-20-13/h3-5,11-12H,2,6,8-9H2,1H3/b10-5+. The van der Waals surface area contributed by atoms with Gasteiger partial charge in [-0.25, -0.2) is 4.98 Å². The Hall–Kier alpha value is -1.71. The molecule has 4 rings (SSSR count). The van der Waals surface area contributed by atoms with Gasteiger partial charge in [0.25, 0.3) is 5.91 Å². The molecule has 2 unspecified atom stereocenters. The molecule has 1 aromatic heterocycles. The number of hydrogen-bond acceptors (Lipinski definition) is 5. The summed E-state index contributed by atoms with van der Waals surface area (Å²) < 4.78 is 0. The van der Waals surface area contributed by atoms with Gasteiger partial charge in [-0.05, 0) is 19.0 Å². The molecule has 3 aliphatic rings. The molecule has 4 heterocycles. The molecule has 0 aliphatic carbocycles. The van der Waals surface area contributed by atoms with Crippen molar-refractivity contribution >= 4 is 23.3 Å². The van der Waals surface area contributed by atoms with Crippen LogP contribution in [0.15, 0.2) is 17.2 Å². The summed E-state index contributed by atoms with van der Waals surface area (Å²) in [5.74, 6) is -0.139.